The third-order valence-corrected chi connectivity index (χ3v) is 6.73. The lowest BCUT2D eigenvalue weighted by molar-refractivity contribution is -0.266. The second-order valence-electron chi connectivity index (χ2n) is 7.27. The Kier molecular flexibility index (Phi) is 6.46. The Labute approximate surface area is 181 Å². The molecule has 32 heavy (non-hydrogen) atoms. The molecule has 0 spiro atoms. The molecule has 0 bridgehead atoms. The van der Waals surface area contributed by atoms with Gasteiger partial charge < -0.3 is 20.5 Å². The van der Waals surface area contributed by atoms with E-state index in [-0.39, 0.29) is 42.6 Å². The quantitative estimate of drug-likeness (QED) is 0.684. The summed E-state index contributed by atoms with van der Waals surface area (Å²) >= 11 is 0. The molecule has 8 nitrogen and oxygen atoms in total. The molecular weight excluding hydrogens is 451 g/mol. The van der Waals surface area contributed by atoms with Crippen molar-refractivity contribution in [1.29, 1.82) is 0 Å². The smallest absolute Gasteiger partial charge is 0.417 e. The van der Waals surface area contributed by atoms with Crippen LogP contribution in [0.3, 0.4) is 0 Å². The SMILES string of the molecule is NC(=O)c1ccccc1-c1ccc(S(=O)(=O)NC2CCN(C(=O)[O-])CC2)c(C(F)(F)F)c1. The number of carboxylic acid groups (broad SMARTS) is 1. The van der Waals surface area contributed by atoms with E-state index >= 15 is 0 Å². The number of piperidine rings is 1. The average Bonchev–Trinajstić information content (AvgIpc) is 2.72. The molecule has 1 fully saturated rings. The molecule has 3 N–H and O–H groups in total. The molecule has 0 atom stereocenters. The Hall–Kier alpha value is -3.12. The lowest BCUT2D eigenvalue weighted by atomic mass is 9.97. The Morgan fingerprint density at radius 1 is 1.09 bits per heavy atom. The molecule has 172 valence electrons. The second-order valence-corrected chi connectivity index (χ2v) is 8.95. The highest BCUT2D eigenvalue weighted by molar-refractivity contribution is 7.89. The Bertz CT molecular complexity index is 1140. The van der Waals surface area contributed by atoms with E-state index in [0.717, 1.165) is 11.0 Å². The number of carbonyl (C=O) groups is 2. The Morgan fingerprint density at radius 2 is 1.72 bits per heavy atom. The van der Waals surface area contributed by atoms with Gasteiger partial charge in [-0.2, -0.15) is 13.2 Å². The molecule has 0 unspecified atom stereocenters. The van der Waals surface area contributed by atoms with E-state index in [1.807, 2.05) is 0 Å². The predicted octanol–water partition coefficient (Wildman–Crippen LogP) is 1.56. The summed E-state index contributed by atoms with van der Waals surface area (Å²) in [4.78, 5) is 22.5. The van der Waals surface area contributed by atoms with Crippen LogP contribution >= 0.6 is 0 Å². The maximum absolute atomic E-state index is 13.8. The largest absolute Gasteiger partial charge is 0.530 e. The molecule has 1 saturated heterocycles. The van der Waals surface area contributed by atoms with Crippen molar-refractivity contribution in [2.75, 3.05) is 13.1 Å². The first kappa shape index (κ1) is 23.5. The fourth-order valence-electron chi connectivity index (χ4n) is 3.57. The molecule has 12 heteroatoms. The van der Waals surface area contributed by atoms with Gasteiger partial charge in [-0.3, -0.25) is 4.79 Å². The third kappa shape index (κ3) is 5.02. The molecule has 1 aliphatic heterocycles. The monoisotopic (exact) mass is 470 g/mol. The van der Waals surface area contributed by atoms with Crippen molar-refractivity contribution in [3.8, 4) is 11.1 Å². The first-order valence-electron chi connectivity index (χ1n) is 9.49. The van der Waals surface area contributed by atoms with E-state index in [4.69, 9.17) is 5.73 Å². The molecule has 1 heterocycles. The molecule has 3 rings (SSSR count). The van der Waals surface area contributed by atoms with Crippen LogP contribution < -0.4 is 15.6 Å². The Balaban J connectivity index is 1.97. The van der Waals surface area contributed by atoms with Gasteiger partial charge in [0.2, 0.25) is 15.9 Å². The van der Waals surface area contributed by atoms with Gasteiger partial charge in [0.25, 0.3) is 0 Å². The highest BCUT2D eigenvalue weighted by Crippen LogP contribution is 2.37. The van der Waals surface area contributed by atoms with Crippen LogP contribution in [-0.2, 0) is 16.2 Å². The van der Waals surface area contributed by atoms with Crippen molar-refractivity contribution in [3.63, 3.8) is 0 Å². The molecule has 0 aromatic heterocycles. The highest BCUT2D eigenvalue weighted by atomic mass is 32.2. The summed E-state index contributed by atoms with van der Waals surface area (Å²) < 4.78 is 69.2. The van der Waals surface area contributed by atoms with E-state index in [0.29, 0.717) is 6.07 Å². The van der Waals surface area contributed by atoms with Crippen LogP contribution in [-0.4, -0.2) is 44.4 Å². The number of likely N-dealkylation sites (tertiary alicyclic amines) is 1. The number of benzene rings is 2. The van der Waals surface area contributed by atoms with Gasteiger partial charge in [-0.15, -0.1) is 0 Å². The number of carbonyl (C=O) groups excluding carboxylic acids is 2. The van der Waals surface area contributed by atoms with Gasteiger partial charge in [-0.05, 0) is 42.2 Å². The zero-order valence-electron chi connectivity index (χ0n) is 16.6. The number of nitrogens with two attached hydrogens (primary N) is 1. The van der Waals surface area contributed by atoms with Gasteiger partial charge in [0.15, 0.2) is 0 Å². The van der Waals surface area contributed by atoms with Crippen molar-refractivity contribution in [2.45, 2.75) is 30.0 Å². The number of sulfonamides is 1. The third-order valence-electron chi connectivity index (χ3n) is 5.15. The average molecular weight is 470 g/mol. The molecule has 0 aliphatic carbocycles. The first-order chi connectivity index (χ1) is 14.9. The van der Waals surface area contributed by atoms with Crippen LogP contribution in [0, 0.1) is 0 Å². The fraction of sp³-hybridized carbons (Fsp3) is 0.300. The highest BCUT2D eigenvalue weighted by Gasteiger charge is 2.38. The van der Waals surface area contributed by atoms with Crippen LogP contribution in [0.5, 0.6) is 0 Å². The van der Waals surface area contributed by atoms with Crippen LogP contribution in [0.1, 0.15) is 28.8 Å². The number of hydrogen-bond acceptors (Lipinski definition) is 5. The predicted molar refractivity (Wildman–Crippen MR) is 106 cm³/mol. The molecule has 2 amide bonds. The fourth-order valence-corrected chi connectivity index (χ4v) is 5.08. The van der Waals surface area contributed by atoms with Crippen molar-refractivity contribution < 1.29 is 36.3 Å². The van der Waals surface area contributed by atoms with E-state index in [2.05, 4.69) is 4.72 Å². The normalized spacial score (nSPS) is 15.5. The zero-order chi connectivity index (χ0) is 23.7. The summed E-state index contributed by atoms with van der Waals surface area (Å²) in [7, 11) is -4.58. The number of rotatable bonds is 5. The molecule has 2 aromatic rings. The number of nitrogens with one attached hydrogen (secondary N) is 1. The first-order valence-corrected chi connectivity index (χ1v) is 11.0. The van der Waals surface area contributed by atoms with Gasteiger partial charge in [0.05, 0.1) is 10.5 Å². The molecular formula is C20H19F3N3O5S-. The van der Waals surface area contributed by atoms with E-state index in [1.54, 1.807) is 0 Å². The van der Waals surface area contributed by atoms with E-state index in [9.17, 15) is 36.3 Å². The summed E-state index contributed by atoms with van der Waals surface area (Å²) in [5.41, 5.74) is 4.01. The summed E-state index contributed by atoms with van der Waals surface area (Å²) in [5.74, 6) is -0.838. The van der Waals surface area contributed by atoms with Crippen LogP contribution in [0.15, 0.2) is 47.4 Å². The number of alkyl halides is 3. The van der Waals surface area contributed by atoms with Crippen molar-refractivity contribution in [1.82, 2.24) is 9.62 Å². The van der Waals surface area contributed by atoms with Gasteiger partial charge in [0.1, 0.15) is 6.09 Å². The number of halogens is 3. The number of primary amides is 1. The Morgan fingerprint density at radius 3 is 2.28 bits per heavy atom. The lowest BCUT2D eigenvalue weighted by Gasteiger charge is -2.33. The van der Waals surface area contributed by atoms with Gasteiger partial charge in [-0.25, -0.2) is 13.1 Å². The summed E-state index contributed by atoms with van der Waals surface area (Å²) in [6, 6.07) is 7.71. The van der Waals surface area contributed by atoms with Gasteiger partial charge in [-0.1, -0.05) is 24.3 Å². The van der Waals surface area contributed by atoms with Crippen molar-refractivity contribution in [3.05, 3.63) is 53.6 Å². The zero-order valence-corrected chi connectivity index (χ0v) is 17.4. The van der Waals surface area contributed by atoms with Crippen LogP contribution in [0.25, 0.3) is 11.1 Å². The van der Waals surface area contributed by atoms with Crippen molar-refractivity contribution >= 4 is 22.0 Å². The van der Waals surface area contributed by atoms with Crippen molar-refractivity contribution in [2.24, 2.45) is 5.73 Å². The molecule has 0 saturated carbocycles. The maximum atomic E-state index is 13.8. The minimum absolute atomic E-state index is 0.00445. The van der Waals surface area contributed by atoms with Gasteiger partial charge in [0, 0.05) is 24.7 Å². The molecule has 0 radical (unpaired) electrons. The number of hydrogen-bond donors (Lipinski definition) is 2. The summed E-state index contributed by atoms with van der Waals surface area (Å²) in [5, 5.41) is 10.9. The topological polar surface area (TPSA) is 133 Å². The number of amides is 2. The molecule has 1 aliphatic rings. The number of nitrogens with zero attached hydrogens (tertiary/aromatic N) is 1. The second kappa shape index (κ2) is 8.79. The minimum atomic E-state index is -5.00. The summed E-state index contributed by atoms with van der Waals surface area (Å²) in [6.45, 7) is 0.00890. The lowest BCUT2D eigenvalue weighted by Crippen LogP contribution is -2.50. The van der Waals surface area contributed by atoms with E-state index in [1.165, 1.54) is 30.3 Å². The maximum Gasteiger partial charge on any atom is 0.417 e. The molecule has 2 aromatic carbocycles. The van der Waals surface area contributed by atoms with E-state index < -0.39 is 44.7 Å². The standard InChI is InChI=1S/C20H20F3N3O5S/c21-20(22,23)16-11-12(14-3-1-2-4-15(14)18(24)27)5-6-17(16)32(30,31)25-13-7-9-26(10-8-13)19(28)29/h1-6,11,13,25H,7-10H2,(H2,24,27)(H,28,29)/p-1. The minimum Gasteiger partial charge on any atom is -0.530 e. The van der Waals surface area contributed by atoms with Crippen LogP contribution in [0.2, 0.25) is 0 Å². The van der Waals surface area contributed by atoms with Crippen LogP contribution in [0.4, 0.5) is 18.0 Å². The summed E-state index contributed by atoms with van der Waals surface area (Å²) in [6.07, 6.45) is -6.20. The van der Waals surface area contributed by atoms with Gasteiger partial charge >= 0.3 is 6.18 Å².